The highest BCUT2D eigenvalue weighted by Crippen LogP contribution is 2.24. The third-order valence-corrected chi connectivity index (χ3v) is 2.99. The van der Waals surface area contributed by atoms with Crippen molar-refractivity contribution >= 4 is 34.2 Å². The summed E-state index contributed by atoms with van der Waals surface area (Å²) in [4.78, 5) is 4.41. The van der Waals surface area contributed by atoms with E-state index in [2.05, 4.69) is 10.3 Å². The molecule has 0 aliphatic carbocycles. The van der Waals surface area contributed by atoms with Gasteiger partial charge in [-0.3, -0.25) is 4.99 Å². The molecule has 1 aliphatic heterocycles. The molecule has 14 heavy (non-hydrogen) atoms. The Bertz CT molecular complexity index is 376. The second kappa shape index (κ2) is 4.24. The minimum absolute atomic E-state index is 0.790. The standard InChI is InChI=1S/C10H11ClN2S/c1-14-10-12-5-4-7-6-8(11)2-3-9(7)13-10/h2-3,6H,4-5H2,1H3,(H,12,13). The van der Waals surface area contributed by atoms with Gasteiger partial charge in [-0.1, -0.05) is 23.4 Å². The average Bonchev–Trinajstić information content (AvgIpc) is 2.38. The molecule has 0 spiro atoms. The molecular formula is C10H11ClN2S. The molecule has 0 saturated heterocycles. The lowest BCUT2D eigenvalue weighted by molar-refractivity contribution is 0.984. The third-order valence-electron chi connectivity index (χ3n) is 2.14. The summed E-state index contributed by atoms with van der Waals surface area (Å²) in [6.45, 7) is 0.830. The van der Waals surface area contributed by atoms with Gasteiger partial charge >= 0.3 is 0 Å². The van der Waals surface area contributed by atoms with E-state index < -0.39 is 0 Å². The zero-order chi connectivity index (χ0) is 9.97. The Labute approximate surface area is 92.8 Å². The second-order valence-electron chi connectivity index (χ2n) is 3.07. The summed E-state index contributed by atoms with van der Waals surface area (Å²) in [5.41, 5.74) is 2.37. The molecule has 4 heteroatoms. The van der Waals surface area contributed by atoms with Crippen LogP contribution in [0.4, 0.5) is 5.69 Å². The first kappa shape index (κ1) is 9.87. The SMILES string of the molecule is CSC1=NCCc2cc(Cl)ccc2N1. The second-order valence-corrected chi connectivity index (χ2v) is 4.30. The van der Waals surface area contributed by atoms with Crippen LogP contribution >= 0.6 is 23.4 Å². The zero-order valence-corrected chi connectivity index (χ0v) is 9.45. The summed E-state index contributed by atoms with van der Waals surface area (Å²) in [5, 5.41) is 5.06. The topological polar surface area (TPSA) is 24.4 Å². The Morgan fingerprint density at radius 3 is 3.14 bits per heavy atom. The number of anilines is 1. The normalized spacial score (nSPS) is 15.1. The zero-order valence-electron chi connectivity index (χ0n) is 7.88. The van der Waals surface area contributed by atoms with Crippen molar-refractivity contribution in [3.63, 3.8) is 0 Å². The van der Waals surface area contributed by atoms with Gasteiger partial charge in [0.1, 0.15) is 0 Å². The molecule has 74 valence electrons. The van der Waals surface area contributed by atoms with Gasteiger partial charge in [-0.05, 0) is 36.4 Å². The Hall–Kier alpha value is -0.670. The van der Waals surface area contributed by atoms with Gasteiger partial charge in [-0.15, -0.1) is 0 Å². The van der Waals surface area contributed by atoms with Crippen LogP contribution in [0.15, 0.2) is 23.2 Å². The van der Waals surface area contributed by atoms with E-state index in [-0.39, 0.29) is 0 Å². The van der Waals surface area contributed by atoms with Gasteiger partial charge < -0.3 is 5.32 Å². The lowest BCUT2D eigenvalue weighted by Crippen LogP contribution is -2.06. The molecule has 0 unspecified atom stereocenters. The van der Waals surface area contributed by atoms with Crippen molar-refractivity contribution in [3.05, 3.63) is 28.8 Å². The van der Waals surface area contributed by atoms with Crippen LogP contribution in [0.3, 0.4) is 0 Å². The van der Waals surface area contributed by atoms with E-state index in [0.717, 1.165) is 28.8 Å². The maximum atomic E-state index is 5.93. The van der Waals surface area contributed by atoms with Crippen LogP contribution in [0, 0.1) is 0 Å². The highest BCUT2D eigenvalue weighted by Gasteiger charge is 2.09. The Morgan fingerprint density at radius 2 is 2.36 bits per heavy atom. The van der Waals surface area contributed by atoms with Crippen LogP contribution in [0.25, 0.3) is 0 Å². The Kier molecular flexibility index (Phi) is 2.99. The molecule has 0 saturated carbocycles. The van der Waals surface area contributed by atoms with Gasteiger partial charge in [0.25, 0.3) is 0 Å². The maximum Gasteiger partial charge on any atom is 0.160 e. The van der Waals surface area contributed by atoms with Gasteiger partial charge in [0, 0.05) is 17.3 Å². The van der Waals surface area contributed by atoms with E-state index in [4.69, 9.17) is 11.6 Å². The van der Waals surface area contributed by atoms with E-state index in [1.807, 2.05) is 24.5 Å². The first-order valence-electron chi connectivity index (χ1n) is 4.43. The van der Waals surface area contributed by atoms with Crippen molar-refractivity contribution in [2.45, 2.75) is 6.42 Å². The minimum atomic E-state index is 0.790. The van der Waals surface area contributed by atoms with Crippen molar-refractivity contribution in [2.24, 2.45) is 4.99 Å². The largest absolute Gasteiger partial charge is 0.335 e. The molecule has 1 heterocycles. The molecule has 1 aromatic carbocycles. The van der Waals surface area contributed by atoms with Crippen molar-refractivity contribution < 1.29 is 0 Å². The number of fused-ring (bicyclic) bond motifs is 1. The van der Waals surface area contributed by atoms with Crippen LogP contribution in [0.5, 0.6) is 0 Å². The molecule has 0 amide bonds. The molecule has 1 aliphatic rings. The molecule has 1 N–H and O–H groups in total. The molecule has 0 aromatic heterocycles. The van der Waals surface area contributed by atoms with Gasteiger partial charge in [0.05, 0.1) is 0 Å². The summed E-state index contributed by atoms with van der Waals surface area (Å²) < 4.78 is 0. The number of rotatable bonds is 0. The summed E-state index contributed by atoms with van der Waals surface area (Å²) >= 11 is 7.56. The molecular weight excluding hydrogens is 216 g/mol. The van der Waals surface area contributed by atoms with Crippen LogP contribution in [0.2, 0.25) is 5.02 Å². The predicted octanol–water partition coefficient (Wildman–Crippen LogP) is 3.03. The lowest BCUT2D eigenvalue weighted by atomic mass is 10.1. The summed E-state index contributed by atoms with van der Waals surface area (Å²) in [5.74, 6) is 0. The van der Waals surface area contributed by atoms with Gasteiger partial charge in [0.2, 0.25) is 0 Å². The Morgan fingerprint density at radius 1 is 1.50 bits per heavy atom. The highest BCUT2D eigenvalue weighted by molar-refractivity contribution is 8.13. The average molecular weight is 227 g/mol. The lowest BCUT2D eigenvalue weighted by Gasteiger charge is -2.08. The van der Waals surface area contributed by atoms with Crippen molar-refractivity contribution in [1.82, 2.24) is 0 Å². The highest BCUT2D eigenvalue weighted by atomic mass is 35.5. The molecule has 0 radical (unpaired) electrons. The number of hydrogen-bond donors (Lipinski definition) is 1. The molecule has 0 fully saturated rings. The maximum absolute atomic E-state index is 5.93. The van der Waals surface area contributed by atoms with Crippen molar-refractivity contribution in [3.8, 4) is 0 Å². The molecule has 1 aromatic rings. The van der Waals surface area contributed by atoms with Crippen LogP contribution in [0.1, 0.15) is 5.56 Å². The number of thioether (sulfide) groups is 1. The smallest absolute Gasteiger partial charge is 0.160 e. The first-order chi connectivity index (χ1) is 6.79. The number of aliphatic imine (C=N–C) groups is 1. The number of amidine groups is 1. The monoisotopic (exact) mass is 226 g/mol. The van der Waals surface area contributed by atoms with E-state index in [1.54, 1.807) is 11.8 Å². The fourth-order valence-electron chi connectivity index (χ4n) is 1.44. The van der Waals surface area contributed by atoms with Crippen molar-refractivity contribution in [1.29, 1.82) is 0 Å². The fraction of sp³-hybridized carbons (Fsp3) is 0.300. The molecule has 0 bridgehead atoms. The molecule has 2 nitrogen and oxygen atoms in total. The van der Waals surface area contributed by atoms with Gasteiger partial charge in [-0.2, -0.15) is 0 Å². The van der Waals surface area contributed by atoms with Crippen molar-refractivity contribution in [2.75, 3.05) is 18.1 Å². The molecule has 2 rings (SSSR count). The molecule has 0 atom stereocenters. The Balaban J connectivity index is 2.33. The quantitative estimate of drug-likeness (QED) is 0.736. The minimum Gasteiger partial charge on any atom is -0.335 e. The van der Waals surface area contributed by atoms with E-state index in [9.17, 15) is 0 Å². The number of nitrogens with one attached hydrogen (secondary N) is 1. The number of benzene rings is 1. The summed E-state index contributed by atoms with van der Waals surface area (Å²) in [7, 11) is 0. The predicted molar refractivity (Wildman–Crippen MR) is 64.6 cm³/mol. The van der Waals surface area contributed by atoms with E-state index in [1.165, 1.54) is 5.56 Å². The van der Waals surface area contributed by atoms with Gasteiger partial charge in [0.15, 0.2) is 5.17 Å². The van der Waals surface area contributed by atoms with E-state index in [0.29, 0.717) is 0 Å². The third kappa shape index (κ3) is 2.04. The number of halogens is 1. The first-order valence-corrected chi connectivity index (χ1v) is 6.04. The van der Waals surface area contributed by atoms with E-state index >= 15 is 0 Å². The van der Waals surface area contributed by atoms with Gasteiger partial charge in [-0.25, -0.2) is 0 Å². The van der Waals surface area contributed by atoms with Crippen LogP contribution in [-0.2, 0) is 6.42 Å². The number of hydrogen-bond acceptors (Lipinski definition) is 3. The summed E-state index contributed by atoms with van der Waals surface area (Å²) in [6.07, 6.45) is 2.97. The fourth-order valence-corrected chi connectivity index (χ4v) is 2.07. The van der Waals surface area contributed by atoms with Crippen LogP contribution in [-0.4, -0.2) is 18.0 Å². The number of nitrogens with zero attached hydrogens (tertiary/aromatic N) is 1. The van der Waals surface area contributed by atoms with Crippen LogP contribution < -0.4 is 5.32 Å². The summed E-state index contributed by atoms with van der Waals surface area (Å²) in [6, 6.07) is 5.91.